The van der Waals surface area contributed by atoms with Gasteiger partial charge in [-0.3, -0.25) is 24.1 Å². The van der Waals surface area contributed by atoms with Crippen molar-refractivity contribution in [1.29, 1.82) is 5.26 Å². The van der Waals surface area contributed by atoms with Gasteiger partial charge < -0.3 is 34.5 Å². The molecule has 0 saturated carbocycles. The molecular formula is C53H57F3N8O6S. The van der Waals surface area contributed by atoms with Crippen molar-refractivity contribution in [3.63, 3.8) is 0 Å². The summed E-state index contributed by atoms with van der Waals surface area (Å²) in [6.45, 7) is 10.1. The van der Waals surface area contributed by atoms with Crippen LogP contribution in [0.5, 0.6) is 5.75 Å². The summed E-state index contributed by atoms with van der Waals surface area (Å²) in [6, 6.07) is 25.8. The number of nitriles is 1. The fourth-order valence-corrected chi connectivity index (χ4v) is 9.24. The molecule has 0 bridgehead atoms. The molecule has 5 aromatic rings. The molecule has 2 fully saturated rings. The van der Waals surface area contributed by atoms with Crippen molar-refractivity contribution in [2.45, 2.75) is 90.6 Å². The van der Waals surface area contributed by atoms with Crippen LogP contribution in [0.1, 0.15) is 77.0 Å². The van der Waals surface area contributed by atoms with Gasteiger partial charge in [0, 0.05) is 32.4 Å². The van der Waals surface area contributed by atoms with E-state index in [4.69, 9.17) is 21.7 Å². The number of aryl methyl sites for hydroxylation is 1. The lowest BCUT2D eigenvalue weighted by Crippen LogP contribution is -2.58. The van der Waals surface area contributed by atoms with E-state index in [1.165, 1.54) is 6.07 Å². The number of hydrogen-bond donors (Lipinski definition) is 2. The highest BCUT2D eigenvalue weighted by atomic mass is 32.1. The summed E-state index contributed by atoms with van der Waals surface area (Å²) in [4.78, 5) is 62.5. The van der Waals surface area contributed by atoms with Gasteiger partial charge in [0.25, 0.3) is 5.91 Å². The molecule has 2 saturated heterocycles. The molecule has 2 atom stereocenters. The zero-order chi connectivity index (χ0) is 51.3. The number of benzene rings is 4. The molecule has 2 aliphatic rings. The number of aromatic nitrogens is 2. The first kappa shape index (κ1) is 51.7. The molecule has 71 heavy (non-hydrogen) atoms. The van der Waals surface area contributed by atoms with Crippen LogP contribution in [0.3, 0.4) is 0 Å². The van der Waals surface area contributed by atoms with Crippen LogP contribution < -0.4 is 25.2 Å². The SMILES string of the molecule is Cn1cncc1-c1ccc(CNC(=O)[C@@H]2CCCN2C(=O)C(NC(=O)COCCCCOc2ccc(-c3ccc(N4C(=S)N(c5ccc(C#N)c(C(F)(F)F)c5)C(=O)C4(C)C)cc3)cc2)C(C)(C)C)cc1. The number of anilines is 2. The smallest absolute Gasteiger partial charge is 0.417 e. The Balaban J connectivity index is 0.833. The monoisotopic (exact) mass is 990 g/mol. The summed E-state index contributed by atoms with van der Waals surface area (Å²) in [7, 11) is 1.93. The number of hydrogen-bond acceptors (Lipinski definition) is 9. The first-order chi connectivity index (χ1) is 33.7. The fraction of sp³-hybridized carbons (Fsp3) is 0.377. The minimum absolute atomic E-state index is 0.00911. The molecule has 1 aromatic heterocycles. The lowest BCUT2D eigenvalue weighted by molar-refractivity contribution is -0.144. The van der Waals surface area contributed by atoms with Gasteiger partial charge in [0.2, 0.25) is 17.7 Å². The highest BCUT2D eigenvalue weighted by molar-refractivity contribution is 7.81. The maximum Gasteiger partial charge on any atom is 0.417 e. The number of halogens is 3. The average molecular weight is 991 g/mol. The van der Waals surface area contributed by atoms with E-state index in [0.717, 1.165) is 45.0 Å². The Morgan fingerprint density at radius 2 is 1.55 bits per heavy atom. The van der Waals surface area contributed by atoms with Crippen molar-refractivity contribution in [2.24, 2.45) is 12.5 Å². The Labute approximate surface area is 416 Å². The quantitative estimate of drug-likeness (QED) is 0.0682. The predicted molar refractivity (Wildman–Crippen MR) is 267 cm³/mol. The van der Waals surface area contributed by atoms with Crippen LogP contribution in [0.25, 0.3) is 22.4 Å². The summed E-state index contributed by atoms with van der Waals surface area (Å²) in [5.74, 6) is -0.806. The summed E-state index contributed by atoms with van der Waals surface area (Å²) in [5, 5.41) is 15.1. The first-order valence-electron chi connectivity index (χ1n) is 23.3. The molecule has 0 radical (unpaired) electrons. The lowest BCUT2D eigenvalue weighted by Gasteiger charge is -2.35. The Hall–Kier alpha value is -7.10. The maximum absolute atomic E-state index is 14.0. The van der Waals surface area contributed by atoms with Crippen LogP contribution in [-0.4, -0.2) is 87.2 Å². The van der Waals surface area contributed by atoms with Gasteiger partial charge in [0.1, 0.15) is 30.0 Å². The third kappa shape index (κ3) is 11.8. The topological polar surface area (TPSA) is 162 Å². The molecule has 14 nitrogen and oxygen atoms in total. The number of amides is 4. The highest BCUT2D eigenvalue weighted by Gasteiger charge is 2.51. The molecule has 4 aromatic carbocycles. The Bertz CT molecular complexity index is 2800. The number of likely N-dealkylation sites (tertiary alicyclic amines) is 1. The number of rotatable bonds is 17. The van der Waals surface area contributed by atoms with Crippen molar-refractivity contribution in [2.75, 3.05) is 36.2 Å². The normalized spacial score (nSPS) is 16.2. The van der Waals surface area contributed by atoms with Crippen molar-refractivity contribution in [3.8, 4) is 34.2 Å². The predicted octanol–water partition coefficient (Wildman–Crippen LogP) is 8.58. The number of alkyl halides is 3. The Morgan fingerprint density at radius 1 is 0.915 bits per heavy atom. The molecule has 372 valence electrons. The number of nitrogens with one attached hydrogen (secondary N) is 2. The molecule has 3 heterocycles. The number of ether oxygens (including phenoxy) is 2. The Kier molecular flexibility index (Phi) is 15.7. The summed E-state index contributed by atoms with van der Waals surface area (Å²) >= 11 is 5.67. The van der Waals surface area contributed by atoms with Crippen LogP contribution in [0, 0.1) is 16.7 Å². The molecule has 18 heteroatoms. The van der Waals surface area contributed by atoms with Crippen molar-refractivity contribution >= 4 is 52.3 Å². The third-order valence-electron chi connectivity index (χ3n) is 12.6. The highest BCUT2D eigenvalue weighted by Crippen LogP contribution is 2.40. The van der Waals surface area contributed by atoms with E-state index in [1.807, 2.05) is 93.0 Å². The van der Waals surface area contributed by atoms with Gasteiger partial charge in [0.05, 0.1) is 47.7 Å². The van der Waals surface area contributed by atoms with E-state index in [9.17, 15) is 37.6 Å². The minimum Gasteiger partial charge on any atom is -0.494 e. The maximum atomic E-state index is 14.0. The molecule has 4 amide bonds. The molecule has 2 aliphatic heterocycles. The van der Waals surface area contributed by atoms with E-state index in [2.05, 4.69) is 15.6 Å². The second kappa shape index (κ2) is 21.5. The third-order valence-corrected chi connectivity index (χ3v) is 13.0. The lowest BCUT2D eigenvalue weighted by atomic mass is 9.85. The number of carbonyl (C=O) groups excluding carboxylic acids is 4. The van der Waals surface area contributed by atoms with Gasteiger partial charge in [-0.2, -0.15) is 18.4 Å². The van der Waals surface area contributed by atoms with Gasteiger partial charge in [-0.05, 0) is 122 Å². The van der Waals surface area contributed by atoms with Crippen molar-refractivity contribution < 1.29 is 41.8 Å². The second-order valence-electron chi connectivity index (χ2n) is 19.2. The molecule has 1 unspecified atom stereocenters. The largest absolute Gasteiger partial charge is 0.494 e. The van der Waals surface area contributed by atoms with Gasteiger partial charge in [-0.15, -0.1) is 0 Å². The van der Waals surface area contributed by atoms with Crippen LogP contribution in [0.15, 0.2) is 104 Å². The van der Waals surface area contributed by atoms with E-state index in [0.29, 0.717) is 63.4 Å². The van der Waals surface area contributed by atoms with E-state index in [-0.39, 0.29) is 29.2 Å². The molecule has 0 spiro atoms. The number of thiocarbonyl (C=S) groups is 1. The van der Waals surface area contributed by atoms with Gasteiger partial charge in [-0.1, -0.05) is 69.3 Å². The molecular weight excluding hydrogens is 934 g/mol. The zero-order valence-corrected chi connectivity index (χ0v) is 41.3. The number of carbonyl (C=O) groups is 4. The minimum atomic E-state index is -4.80. The van der Waals surface area contributed by atoms with Crippen LogP contribution in [-0.2, 0) is 43.7 Å². The van der Waals surface area contributed by atoms with Crippen molar-refractivity contribution in [1.82, 2.24) is 25.1 Å². The standard InChI is InChI=1S/C53H57F3N8O6S/c1-51(2,3)46(48(67)62-25-9-10-43(62)47(66)59-30-34-11-13-37(14-12-34)44-31-58-33-61(44)6)60-45(65)32-69-26-7-8-27-70-41-23-18-36(19-24-41)35-15-20-39(21-16-35)64-50(71)63(49(68)52(64,4)5)40-22-17-38(29-57)42(28-40)53(54,55)56/h11-24,28,31,33,43,46H,7-10,25-27,30,32H2,1-6H3,(H,59,66)(H,60,65)/t43-,46?/m0/s1. The van der Waals surface area contributed by atoms with E-state index < -0.39 is 52.2 Å². The van der Waals surface area contributed by atoms with Crippen LogP contribution >= 0.6 is 12.2 Å². The number of nitrogens with zero attached hydrogens (tertiary/aromatic N) is 6. The van der Waals surface area contributed by atoms with Crippen LogP contribution in [0.4, 0.5) is 24.5 Å². The second-order valence-corrected chi connectivity index (χ2v) is 19.6. The summed E-state index contributed by atoms with van der Waals surface area (Å²) in [5.41, 5.74) is 1.63. The summed E-state index contributed by atoms with van der Waals surface area (Å²) in [6.07, 6.45) is 1.23. The zero-order valence-electron chi connectivity index (χ0n) is 40.5. The van der Waals surface area contributed by atoms with E-state index in [1.54, 1.807) is 54.4 Å². The molecule has 0 aliphatic carbocycles. The van der Waals surface area contributed by atoms with Crippen LogP contribution in [0.2, 0.25) is 0 Å². The van der Waals surface area contributed by atoms with E-state index >= 15 is 0 Å². The van der Waals surface area contributed by atoms with Crippen molar-refractivity contribution in [3.05, 3.63) is 120 Å². The molecule has 7 rings (SSSR count). The van der Waals surface area contributed by atoms with Gasteiger partial charge in [0.15, 0.2) is 5.11 Å². The summed E-state index contributed by atoms with van der Waals surface area (Å²) < 4.78 is 54.8. The van der Waals surface area contributed by atoms with Gasteiger partial charge in [-0.25, -0.2) is 4.98 Å². The van der Waals surface area contributed by atoms with Gasteiger partial charge >= 0.3 is 6.18 Å². The fourth-order valence-electron chi connectivity index (χ4n) is 8.72. The molecule has 2 N–H and O–H groups in total. The average Bonchev–Trinajstić information content (AvgIpc) is 4.05. The number of imidazole rings is 1. The number of unbranched alkanes of at least 4 members (excludes halogenated alkanes) is 1. The Morgan fingerprint density at radius 3 is 2.17 bits per heavy atom. The first-order valence-corrected chi connectivity index (χ1v) is 23.7.